The van der Waals surface area contributed by atoms with Gasteiger partial charge in [0.2, 0.25) is 0 Å². The van der Waals surface area contributed by atoms with E-state index in [9.17, 15) is 0 Å². The molecule has 1 nitrogen and oxygen atoms in total. The van der Waals surface area contributed by atoms with Crippen molar-refractivity contribution in [1.82, 2.24) is 0 Å². The highest BCUT2D eigenvalue weighted by molar-refractivity contribution is 5.74. The van der Waals surface area contributed by atoms with Gasteiger partial charge in [-0.2, -0.15) is 0 Å². The van der Waals surface area contributed by atoms with Gasteiger partial charge in [0, 0.05) is 18.8 Å². The third-order valence-corrected chi connectivity index (χ3v) is 4.50. The predicted molar refractivity (Wildman–Crippen MR) is 91.1 cm³/mol. The minimum absolute atomic E-state index is 0.685. The molecule has 0 unspecified atom stereocenters. The molecular formula is C19H27N. The summed E-state index contributed by atoms with van der Waals surface area (Å²) in [5.74, 6) is 0. The number of hydrogen-bond donors (Lipinski definition) is 0. The Hall–Kier alpha value is -1.50. The first-order valence-electron chi connectivity index (χ1n) is 7.78. The Bertz CT molecular complexity index is 479. The number of benzene rings is 1. The predicted octanol–water partition coefficient (Wildman–Crippen LogP) is 5.52. The molecule has 20 heavy (non-hydrogen) atoms. The summed E-state index contributed by atoms with van der Waals surface area (Å²) in [6.07, 6.45) is 10.1. The zero-order valence-electron chi connectivity index (χ0n) is 13.0. The first kappa shape index (κ1) is 14.9. The van der Waals surface area contributed by atoms with Crippen molar-refractivity contribution < 1.29 is 0 Å². The summed E-state index contributed by atoms with van der Waals surface area (Å²) in [6.45, 7) is 10.1. The molecule has 1 aliphatic carbocycles. The van der Waals surface area contributed by atoms with Gasteiger partial charge in [-0.3, -0.25) is 0 Å². The van der Waals surface area contributed by atoms with Gasteiger partial charge in [-0.05, 0) is 43.0 Å². The first-order chi connectivity index (χ1) is 9.63. The van der Waals surface area contributed by atoms with Crippen LogP contribution in [0, 0.1) is 0 Å². The van der Waals surface area contributed by atoms with Gasteiger partial charge in [0.25, 0.3) is 0 Å². The minimum Gasteiger partial charge on any atom is -0.372 e. The van der Waals surface area contributed by atoms with E-state index in [0.717, 1.165) is 5.57 Å². The van der Waals surface area contributed by atoms with E-state index in [2.05, 4.69) is 50.2 Å². The van der Waals surface area contributed by atoms with E-state index in [0.29, 0.717) is 6.04 Å². The SMILES string of the molecule is C=Cc1ccc(N(C)C2CCCCCC2)cc1C(=C)C. The van der Waals surface area contributed by atoms with Crippen LogP contribution in [0.4, 0.5) is 5.69 Å². The summed E-state index contributed by atoms with van der Waals surface area (Å²) in [5, 5.41) is 0. The van der Waals surface area contributed by atoms with Gasteiger partial charge in [-0.15, -0.1) is 0 Å². The van der Waals surface area contributed by atoms with Gasteiger partial charge in [-0.1, -0.05) is 56.6 Å². The van der Waals surface area contributed by atoms with Crippen LogP contribution in [0.5, 0.6) is 0 Å². The van der Waals surface area contributed by atoms with E-state index < -0.39 is 0 Å². The molecule has 1 heteroatoms. The highest BCUT2D eigenvalue weighted by Crippen LogP contribution is 2.29. The molecule has 1 aromatic rings. The molecule has 1 saturated carbocycles. The fraction of sp³-hybridized carbons (Fsp3) is 0.474. The lowest BCUT2D eigenvalue weighted by molar-refractivity contribution is 0.553. The van der Waals surface area contributed by atoms with Crippen LogP contribution in [-0.2, 0) is 0 Å². The van der Waals surface area contributed by atoms with Gasteiger partial charge in [0.05, 0.1) is 0 Å². The second-order valence-electron chi connectivity index (χ2n) is 6.01. The third kappa shape index (κ3) is 3.33. The number of anilines is 1. The van der Waals surface area contributed by atoms with E-state index in [1.54, 1.807) is 0 Å². The maximum Gasteiger partial charge on any atom is 0.0372 e. The lowest BCUT2D eigenvalue weighted by Crippen LogP contribution is -2.31. The van der Waals surface area contributed by atoms with E-state index in [-0.39, 0.29) is 0 Å². The summed E-state index contributed by atoms with van der Waals surface area (Å²) in [6, 6.07) is 7.34. The van der Waals surface area contributed by atoms with Crippen molar-refractivity contribution in [3.8, 4) is 0 Å². The fourth-order valence-electron chi connectivity index (χ4n) is 3.17. The van der Waals surface area contributed by atoms with Crippen molar-refractivity contribution in [2.75, 3.05) is 11.9 Å². The summed E-state index contributed by atoms with van der Waals surface area (Å²) < 4.78 is 0. The molecule has 1 fully saturated rings. The molecule has 0 N–H and O–H groups in total. The largest absolute Gasteiger partial charge is 0.372 e. The average Bonchev–Trinajstić information content (AvgIpc) is 2.74. The highest BCUT2D eigenvalue weighted by atomic mass is 15.1. The van der Waals surface area contributed by atoms with Gasteiger partial charge in [0.1, 0.15) is 0 Å². The maximum absolute atomic E-state index is 4.10. The van der Waals surface area contributed by atoms with Gasteiger partial charge in [0.15, 0.2) is 0 Å². The standard InChI is InChI=1S/C19H27N/c1-5-16-12-13-18(14-19(16)15(2)3)20(4)17-10-8-6-7-9-11-17/h5,12-14,17H,1-2,6-11H2,3-4H3. The highest BCUT2D eigenvalue weighted by Gasteiger charge is 2.18. The van der Waals surface area contributed by atoms with Crippen molar-refractivity contribution in [3.63, 3.8) is 0 Å². The topological polar surface area (TPSA) is 3.24 Å². The number of hydrogen-bond acceptors (Lipinski definition) is 1. The number of allylic oxidation sites excluding steroid dienone is 1. The molecular weight excluding hydrogens is 242 g/mol. The van der Waals surface area contributed by atoms with E-state index in [1.807, 2.05) is 6.08 Å². The lowest BCUT2D eigenvalue weighted by atomic mass is 9.99. The third-order valence-electron chi connectivity index (χ3n) is 4.50. The molecule has 0 aliphatic heterocycles. The molecule has 108 valence electrons. The average molecular weight is 269 g/mol. The van der Waals surface area contributed by atoms with Crippen molar-refractivity contribution in [3.05, 3.63) is 42.5 Å². The molecule has 0 spiro atoms. The second-order valence-corrected chi connectivity index (χ2v) is 6.01. The normalized spacial score (nSPS) is 16.5. The zero-order valence-corrected chi connectivity index (χ0v) is 13.0. The Labute approximate surface area is 124 Å². The number of rotatable bonds is 4. The fourth-order valence-corrected chi connectivity index (χ4v) is 3.17. The van der Waals surface area contributed by atoms with Crippen LogP contribution >= 0.6 is 0 Å². The number of nitrogens with zero attached hydrogens (tertiary/aromatic N) is 1. The van der Waals surface area contributed by atoms with Gasteiger partial charge >= 0.3 is 0 Å². The second kappa shape index (κ2) is 6.78. The Morgan fingerprint density at radius 2 is 1.85 bits per heavy atom. The first-order valence-corrected chi connectivity index (χ1v) is 7.78. The molecule has 0 amide bonds. The summed E-state index contributed by atoms with van der Waals surface area (Å²) in [7, 11) is 2.24. The minimum atomic E-state index is 0.685. The molecule has 0 heterocycles. The van der Waals surface area contributed by atoms with Crippen LogP contribution in [-0.4, -0.2) is 13.1 Å². The molecule has 0 bridgehead atoms. The summed E-state index contributed by atoms with van der Waals surface area (Å²) in [4.78, 5) is 2.46. The maximum atomic E-state index is 4.10. The van der Waals surface area contributed by atoms with Crippen molar-refractivity contribution in [2.24, 2.45) is 0 Å². The van der Waals surface area contributed by atoms with Crippen LogP contribution in [0.3, 0.4) is 0 Å². The van der Waals surface area contributed by atoms with Crippen LogP contribution in [0.25, 0.3) is 11.6 Å². The zero-order chi connectivity index (χ0) is 14.5. The van der Waals surface area contributed by atoms with E-state index >= 15 is 0 Å². The Morgan fingerprint density at radius 3 is 2.40 bits per heavy atom. The Morgan fingerprint density at radius 1 is 1.20 bits per heavy atom. The summed E-state index contributed by atoms with van der Waals surface area (Å²) in [5.41, 5.74) is 4.81. The molecule has 0 atom stereocenters. The van der Waals surface area contributed by atoms with Crippen LogP contribution < -0.4 is 4.90 Å². The van der Waals surface area contributed by atoms with Crippen LogP contribution in [0.15, 0.2) is 31.4 Å². The smallest absolute Gasteiger partial charge is 0.0372 e. The van der Waals surface area contributed by atoms with Crippen molar-refractivity contribution >= 4 is 17.3 Å². The summed E-state index contributed by atoms with van der Waals surface area (Å²) >= 11 is 0. The molecule has 1 aromatic carbocycles. The quantitative estimate of drug-likeness (QED) is 0.650. The van der Waals surface area contributed by atoms with Crippen LogP contribution in [0.1, 0.15) is 56.6 Å². The lowest BCUT2D eigenvalue weighted by Gasteiger charge is -2.30. The van der Waals surface area contributed by atoms with Crippen molar-refractivity contribution in [2.45, 2.75) is 51.5 Å². The molecule has 1 aliphatic rings. The van der Waals surface area contributed by atoms with Crippen molar-refractivity contribution in [1.29, 1.82) is 0 Å². The van der Waals surface area contributed by atoms with E-state index in [1.165, 1.54) is 55.3 Å². The molecule has 0 aromatic heterocycles. The molecule has 0 radical (unpaired) electrons. The monoisotopic (exact) mass is 269 g/mol. The van der Waals surface area contributed by atoms with Gasteiger partial charge in [-0.25, -0.2) is 0 Å². The Kier molecular flexibility index (Phi) is 5.05. The Balaban J connectivity index is 2.24. The van der Waals surface area contributed by atoms with E-state index in [4.69, 9.17) is 0 Å². The van der Waals surface area contributed by atoms with Crippen LogP contribution in [0.2, 0.25) is 0 Å². The molecule has 0 saturated heterocycles. The van der Waals surface area contributed by atoms with Gasteiger partial charge < -0.3 is 4.90 Å². The molecule has 2 rings (SSSR count).